The number of rotatable bonds is 3. The number of anilines is 1. The van der Waals surface area contributed by atoms with Gasteiger partial charge < -0.3 is 9.88 Å². The molecule has 1 N–H and O–H groups in total. The summed E-state index contributed by atoms with van der Waals surface area (Å²) in [5, 5.41) is 0. The summed E-state index contributed by atoms with van der Waals surface area (Å²) in [6.45, 7) is 3.10. The zero-order valence-electron chi connectivity index (χ0n) is 14.8. The van der Waals surface area contributed by atoms with E-state index < -0.39 is 10.0 Å². The van der Waals surface area contributed by atoms with Gasteiger partial charge in [-0.05, 0) is 43.9 Å². The summed E-state index contributed by atoms with van der Waals surface area (Å²) in [5.74, 6) is -0.192. The molecule has 0 saturated carbocycles. The van der Waals surface area contributed by atoms with E-state index in [1.165, 1.54) is 16.6 Å². The minimum atomic E-state index is -3.54. The van der Waals surface area contributed by atoms with Gasteiger partial charge in [0.25, 0.3) is 5.91 Å². The summed E-state index contributed by atoms with van der Waals surface area (Å²) < 4.78 is 27.1. The first kappa shape index (κ1) is 17.3. The molecule has 1 fully saturated rings. The Morgan fingerprint density at radius 2 is 1.88 bits per heavy atom. The van der Waals surface area contributed by atoms with Crippen LogP contribution in [0.2, 0.25) is 0 Å². The van der Waals surface area contributed by atoms with Crippen LogP contribution in [0.3, 0.4) is 0 Å². The van der Waals surface area contributed by atoms with Crippen molar-refractivity contribution in [3.05, 3.63) is 47.8 Å². The smallest absolute Gasteiger partial charge is 0.274 e. The topological polar surface area (TPSA) is 73.5 Å². The summed E-state index contributed by atoms with van der Waals surface area (Å²) >= 11 is 0. The van der Waals surface area contributed by atoms with E-state index in [0.717, 1.165) is 36.9 Å². The van der Waals surface area contributed by atoms with E-state index in [4.69, 9.17) is 0 Å². The van der Waals surface area contributed by atoms with Crippen molar-refractivity contribution in [2.24, 2.45) is 0 Å². The third-order valence-corrected chi connectivity index (χ3v) is 7.14. The van der Waals surface area contributed by atoms with Gasteiger partial charge in [-0.2, -0.15) is 4.31 Å². The van der Waals surface area contributed by atoms with Gasteiger partial charge in [-0.25, -0.2) is 8.42 Å². The van der Waals surface area contributed by atoms with Crippen LogP contribution in [0.5, 0.6) is 0 Å². The molecule has 2 aliphatic rings. The van der Waals surface area contributed by atoms with Gasteiger partial charge in [0.1, 0.15) is 10.6 Å². The van der Waals surface area contributed by atoms with E-state index in [1.807, 2.05) is 31.2 Å². The number of hydrogen-bond donors (Lipinski definition) is 1. The Bertz CT molecular complexity index is 929. The van der Waals surface area contributed by atoms with E-state index in [9.17, 15) is 13.2 Å². The molecule has 138 valence electrons. The minimum absolute atomic E-state index is 0.0466. The van der Waals surface area contributed by atoms with Crippen molar-refractivity contribution >= 4 is 21.6 Å². The SMILES string of the molecule is CC1Cc2ccccc2N1C(=O)c1cc(S(=O)(=O)N2CCCCC2)c[nH]1. The molecule has 1 aromatic heterocycles. The summed E-state index contributed by atoms with van der Waals surface area (Å²) in [7, 11) is -3.54. The Balaban J connectivity index is 1.61. The van der Waals surface area contributed by atoms with Gasteiger partial charge in [-0.1, -0.05) is 24.6 Å². The maximum Gasteiger partial charge on any atom is 0.274 e. The number of amides is 1. The quantitative estimate of drug-likeness (QED) is 0.899. The summed E-state index contributed by atoms with van der Waals surface area (Å²) in [6.07, 6.45) is 5.08. The molecule has 26 heavy (non-hydrogen) atoms. The van der Waals surface area contributed by atoms with Crippen molar-refractivity contribution in [1.82, 2.24) is 9.29 Å². The number of nitrogens with zero attached hydrogens (tertiary/aromatic N) is 2. The number of benzene rings is 1. The van der Waals surface area contributed by atoms with Crippen molar-refractivity contribution in [2.45, 2.75) is 43.5 Å². The van der Waals surface area contributed by atoms with Gasteiger partial charge in [0.2, 0.25) is 10.0 Å². The molecule has 1 unspecified atom stereocenters. The predicted octanol–water partition coefficient (Wildman–Crippen LogP) is 2.78. The zero-order valence-corrected chi connectivity index (χ0v) is 15.6. The van der Waals surface area contributed by atoms with Crippen LogP contribution in [0, 0.1) is 0 Å². The normalized spacial score (nSPS) is 21.0. The fourth-order valence-electron chi connectivity index (χ4n) is 3.91. The lowest BCUT2D eigenvalue weighted by atomic mass is 10.1. The first-order valence-electron chi connectivity index (χ1n) is 9.08. The molecular formula is C19H23N3O3S. The Hall–Kier alpha value is -2.12. The Morgan fingerprint density at radius 1 is 1.15 bits per heavy atom. The van der Waals surface area contributed by atoms with E-state index >= 15 is 0 Å². The van der Waals surface area contributed by atoms with Gasteiger partial charge in [-0.3, -0.25) is 4.79 Å². The Kier molecular flexibility index (Phi) is 4.36. The van der Waals surface area contributed by atoms with Crippen molar-refractivity contribution in [3.63, 3.8) is 0 Å². The third kappa shape index (κ3) is 2.85. The second kappa shape index (κ2) is 6.55. The van der Waals surface area contributed by atoms with Crippen LogP contribution in [0.4, 0.5) is 5.69 Å². The number of carbonyl (C=O) groups is 1. The summed E-state index contributed by atoms with van der Waals surface area (Å²) in [4.78, 5) is 17.8. The fourth-order valence-corrected chi connectivity index (χ4v) is 5.42. The van der Waals surface area contributed by atoms with Crippen molar-refractivity contribution in [3.8, 4) is 0 Å². The molecule has 0 radical (unpaired) electrons. The van der Waals surface area contributed by atoms with E-state index in [-0.39, 0.29) is 16.8 Å². The first-order valence-corrected chi connectivity index (χ1v) is 10.5. The average Bonchev–Trinajstić information content (AvgIpc) is 3.26. The highest BCUT2D eigenvalue weighted by atomic mass is 32.2. The van der Waals surface area contributed by atoms with Gasteiger partial charge in [-0.15, -0.1) is 0 Å². The maximum atomic E-state index is 13.0. The Labute approximate surface area is 153 Å². The van der Waals surface area contributed by atoms with Crippen molar-refractivity contribution in [1.29, 1.82) is 0 Å². The van der Waals surface area contributed by atoms with Crippen LogP contribution >= 0.6 is 0 Å². The number of hydrogen-bond acceptors (Lipinski definition) is 3. The molecular weight excluding hydrogens is 350 g/mol. The van der Waals surface area contributed by atoms with Crippen LogP contribution < -0.4 is 4.90 Å². The fraction of sp³-hybridized carbons (Fsp3) is 0.421. The van der Waals surface area contributed by atoms with Crippen LogP contribution in [-0.4, -0.2) is 42.7 Å². The standard InChI is InChI=1S/C19H23N3O3S/c1-14-11-15-7-3-4-8-18(15)22(14)19(23)17-12-16(13-20-17)26(24,25)21-9-5-2-6-10-21/h3-4,7-8,12-14,20H,2,5-6,9-11H2,1H3. The average molecular weight is 373 g/mol. The van der Waals surface area contributed by atoms with E-state index in [1.54, 1.807) is 4.90 Å². The number of aromatic nitrogens is 1. The molecule has 1 saturated heterocycles. The van der Waals surface area contributed by atoms with E-state index in [0.29, 0.717) is 18.8 Å². The highest BCUT2D eigenvalue weighted by Gasteiger charge is 2.33. The highest BCUT2D eigenvalue weighted by Crippen LogP contribution is 2.33. The van der Waals surface area contributed by atoms with Gasteiger partial charge >= 0.3 is 0 Å². The predicted molar refractivity (Wildman–Crippen MR) is 99.8 cm³/mol. The molecule has 0 aliphatic carbocycles. The molecule has 2 aromatic rings. The number of aromatic amines is 1. The van der Waals surface area contributed by atoms with Crippen molar-refractivity contribution < 1.29 is 13.2 Å². The van der Waals surface area contributed by atoms with Crippen LogP contribution in [0.1, 0.15) is 42.2 Å². The molecule has 3 heterocycles. The molecule has 6 nitrogen and oxygen atoms in total. The van der Waals surface area contributed by atoms with Crippen LogP contribution in [-0.2, 0) is 16.4 Å². The number of H-pyrrole nitrogens is 1. The van der Waals surface area contributed by atoms with E-state index in [2.05, 4.69) is 4.98 Å². The number of para-hydroxylation sites is 1. The zero-order chi connectivity index (χ0) is 18.3. The van der Waals surface area contributed by atoms with Gasteiger partial charge in [0.05, 0.1) is 0 Å². The van der Waals surface area contributed by atoms with Gasteiger partial charge in [0, 0.05) is 31.0 Å². The Morgan fingerprint density at radius 3 is 2.65 bits per heavy atom. The number of nitrogens with one attached hydrogen (secondary N) is 1. The van der Waals surface area contributed by atoms with Crippen molar-refractivity contribution in [2.75, 3.05) is 18.0 Å². The molecule has 7 heteroatoms. The number of piperidine rings is 1. The monoisotopic (exact) mass is 373 g/mol. The molecule has 0 spiro atoms. The number of sulfonamides is 1. The maximum absolute atomic E-state index is 13.0. The summed E-state index contributed by atoms with van der Waals surface area (Å²) in [5.41, 5.74) is 2.35. The second-order valence-electron chi connectivity index (χ2n) is 7.07. The lowest BCUT2D eigenvalue weighted by molar-refractivity contribution is 0.0977. The largest absolute Gasteiger partial charge is 0.356 e. The molecule has 1 aromatic carbocycles. The number of fused-ring (bicyclic) bond motifs is 1. The third-order valence-electron chi connectivity index (χ3n) is 5.27. The van der Waals surface area contributed by atoms with Crippen LogP contribution in [0.25, 0.3) is 0 Å². The number of carbonyl (C=O) groups excluding carboxylic acids is 1. The second-order valence-corrected chi connectivity index (χ2v) is 9.01. The lowest BCUT2D eigenvalue weighted by Crippen LogP contribution is -2.36. The first-order chi connectivity index (χ1) is 12.5. The molecule has 1 amide bonds. The molecule has 2 aliphatic heterocycles. The van der Waals surface area contributed by atoms with Gasteiger partial charge in [0.15, 0.2) is 0 Å². The highest BCUT2D eigenvalue weighted by molar-refractivity contribution is 7.89. The molecule has 1 atom stereocenters. The summed E-state index contributed by atoms with van der Waals surface area (Å²) in [6, 6.07) is 9.37. The minimum Gasteiger partial charge on any atom is -0.356 e. The molecule has 0 bridgehead atoms. The molecule has 4 rings (SSSR count). The lowest BCUT2D eigenvalue weighted by Gasteiger charge is -2.25. The van der Waals surface area contributed by atoms with Crippen LogP contribution in [0.15, 0.2) is 41.4 Å².